The molecule has 0 bridgehead atoms. The molecule has 0 aliphatic carbocycles. The zero-order chi connectivity index (χ0) is 14.7. The lowest BCUT2D eigenvalue weighted by atomic mass is 10.1. The van der Waals surface area contributed by atoms with Crippen molar-refractivity contribution in [3.63, 3.8) is 0 Å². The standard InChI is InChI=1S/C14H18N4O2/c1-9-4-5-12(20-3)10(6-9)8-18(2)14(19)13-11(15)7-16-17-13/h4-7H,8,15H2,1-3H3,(H,16,17). The van der Waals surface area contributed by atoms with Crippen LogP contribution in [0.15, 0.2) is 24.4 Å². The van der Waals surface area contributed by atoms with E-state index in [9.17, 15) is 4.79 Å². The number of nitrogens with two attached hydrogens (primary N) is 1. The lowest BCUT2D eigenvalue weighted by Crippen LogP contribution is -2.27. The molecule has 1 heterocycles. The fraction of sp³-hybridized carbons (Fsp3) is 0.286. The summed E-state index contributed by atoms with van der Waals surface area (Å²) in [7, 11) is 3.33. The van der Waals surface area contributed by atoms with Gasteiger partial charge in [-0.1, -0.05) is 17.7 Å². The average molecular weight is 274 g/mol. The second-order valence-electron chi connectivity index (χ2n) is 4.68. The van der Waals surface area contributed by atoms with Crippen LogP contribution < -0.4 is 10.5 Å². The van der Waals surface area contributed by atoms with Gasteiger partial charge in [0.1, 0.15) is 11.4 Å². The molecule has 0 saturated heterocycles. The number of rotatable bonds is 4. The van der Waals surface area contributed by atoms with E-state index in [2.05, 4.69) is 10.2 Å². The van der Waals surface area contributed by atoms with E-state index in [-0.39, 0.29) is 5.91 Å². The molecule has 2 rings (SSSR count). The third kappa shape index (κ3) is 2.74. The first-order valence-corrected chi connectivity index (χ1v) is 6.20. The molecule has 0 atom stereocenters. The summed E-state index contributed by atoms with van der Waals surface area (Å²) in [5.41, 5.74) is 8.40. The second-order valence-corrected chi connectivity index (χ2v) is 4.68. The minimum absolute atomic E-state index is 0.205. The number of aromatic nitrogens is 2. The average Bonchev–Trinajstić information content (AvgIpc) is 2.84. The van der Waals surface area contributed by atoms with Crippen molar-refractivity contribution in [2.45, 2.75) is 13.5 Å². The van der Waals surface area contributed by atoms with Crippen molar-refractivity contribution in [3.05, 3.63) is 41.2 Å². The van der Waals surface area contributed by atoms with E-state index in [4.69, 9.17) is 10.5 Å². The SMILES string of the molecule is COc1ccc(C)cc1CN(C)C(=O)c1[nH]ncc1N. The number of amides is 1. The Balaban J connectivity index is 2.20. The van der Waals surface area contributed by atoms with Gasteiger partial charge < -0.3 is 15.4 Å². The number of nitrogens with zero attached hydrogens (tertiary/aromatic N) is 2. The third-order valence-corrected chi connectivity index (χ3v) is 3.07. The van der Waals surface area contributed by atoms with E-state index in [0.29, 0.717) is 17.9 Å². The van der Waals surface area contributed by atoms with Crippen LogP contribution in [0.1, 0.15) is 21.6 Å². The Hall–Kier alpha value is -2.50. The summed E-state index contributed by atoms with van der Waals surface area (Å²) in [5, 5.41) is 6.37. The van der Waals surface area contributed by atoms with Gasteiger partial charge in [0.25, 0.3) is 5.91 Å². The van der Waals surface area contributed by atoms with Crippen LogP contribution in [-0.4, -0.2) is 35.2 Å². The monoisotopic (exact) mass is 274 g/mol. The van der Waals surface area contributed by atoms with Crippen molar-refractivity contribution < 1.29 is 9.53 Å². The summed E-state index contributed by atoms with van der Waals surface area (Å²) in [4.78, 5) is 13.8. The zero-order valence-corrected chi connectivity index (χ0v) is 11.8. The summed E-state index contributed by atoms with van der Waals surface area (Å²) >= 11 is 0. The van der Waals surface area contributed by atoms with Crippen LogP contribution in [0.25, 0.3) is 0 Å². The molecule has 0 saturated carbocycles. The number of hydrogen-bond donors (Lipinski definition) is 2. The van der Waals surface area contributed by atoms with E-state index in [1.807, 2.05) is 25.1 Å². The van der Waals surface area contributed by atoms with Gasteiger partial charge in [0.2, 0.25) is 0 Å². The van der Waals surface area contributed by atoms with Gasteiger partial charge in [-0.3, -0.25) is 9.89 Å². The smallest absolute Gasteiger partial charge is 0.274 e. The topological polar surface area (TPSA) is 84.2 Å². The number of carbonyl (C=O) groups is 1. The van der Waals surface area contributed by atoms with Crippen molar-refractivity contribution in [2.75, 3.05) is 19.9 Å². The predicted molar refractivity (Wildman–Crippen MR) is 76.5 cm³/mol. The highest BCUT2D eigenvalue weighted by Gasteiger charge is 2.18. The molecule has 3 N–H and O–H groups in total. The largest absolute Gasteiger partial charge is 0.496 e. The second kappa shape index (κ2) is 5.64. The predicted octanol–water partition coefficient (Wildman–Crippen LogP) is 1.58. The molecule has 20 heavy (non-hydrogen) atoms. The summed E-state index contributed by atoms with van der Waals surface area (Å²) in [6, 6.07) is 5.86. The molecule has 106 valence electrons. The molecule has 2 aromatic rings. The first-order valence-electron chi connectivity index (χ1n) is 6.20. The summed E-state index contributed by atoms with van der Waals surface area (Å²) in [5.74, 6) is 0.552. The van der Waals surface area contributed by atoms with Crippen LogP contribution in [-0.2, 0) is 6.54 Å². The van der Waals surface area contributed by atoms with Crippen molar-refractivity contribution >= 4 is 11.6 Å². The van der Waals surface area contributed by atoms with Gasteiger partial charge in [-0.15, -0.1) is 0 Å². The minimum atomic E-state index is -0.205. The lowest BCUT2D eigenvalue weighted by molar-refractivity contribution is 0.0779. The highest BCUT2D eigenvalue weighted by atomic mass is 16.5. The third-order valence-electron chi connectivity index (χ3n) is 3.07. The van der Waals surface area contributed by atoms with E-state index in [0.717, 1.165) is 16.9 Å². The van der Waals surface area contributed by atoms with E-state index < -0.39 is 0 Å². The number of carbonyl (C=O) groups excluding carboxylic acids is 1. The molecule has 0 unspecified atom stereocenters. The Morgan fingerprint density at radius 1 is 1.50 bits per heavy atom. The number of hydrogen-bond acceptors (Lipinski definition) is 4. The first kappa shape index (κ1) is 13.9. The molecule has 6 nitrogen and oxygen atoms in total. The van der Waals surface area contributed by atoms with Crippen molar-refractivity contribution in [3.8, 4) is 5.75 Å². The van der Waals surface area contributed by atoms with Crippen molar-refractivity contribution in [1.82, 2.24) is 15.1 Å². The fourth-order valence-electron chi connectivity index (χ4n) is 2.02. The number of benzene rings is 1. The van der Waals surface area contributed by atoms with Crippen molar-refractivity contribution in [1.29, 1.82) is 0 Å². The van der Waals surface area contributed by atoms with Crippen LogP contribution in [0, 0.1) is 6.92 Å². The Morgan fingerprint density at radius 3 is 2.85 bits per heavy atom. The van der Waals surface area contributed by atoms with E-state index in [1.165, 1.54) is 6.20 Å². The van der Waals surface area contributed by atoms with Gasteiger partial charge in [0, 0.05) is 19.2 Å². The van der Waals surface area contributed by atoms with E-state index >= 15 is 0 Å². The number of ether oxygens (including phenoxy) is 1. The van der Waals surface area contributed by atoms with Crippen LogP contribution >= 0.6 is 0 Å². The maximum absolute atomic E-state index is 12.2. The van der Waals surface area contributed by atoms with Crippen LogP contribution in [0.4, 0.5) is 5.69 Å². The first-order chi connectivity index (χ1) is 9.52. The zero-order valence-electron chi connectivity index (χ0n) is 11.8. The molecule has 1 aromatic heterocycles. The summed E-state index contributed by atoms with van der Waals surface area (Å²) < 4.78 is 5.31. The molecular formula is C14H18N4O2. The van der Waals surface area contributed by atoms with Gasteiger partial charge in [0.05, 0.1) is 19.0 Å². The highest BCUT2D eigenvalue weighted by molar-refractivity contribution is 5.96. The minimum Gasteiger partial charge on any atom is -0.496 e. The molecule has 0 fully saturated rings. The van der Waals surface area contributed by atoms with Crippen LogP contribution in [0.2, 0.25) is 0 Å². The summed E-state index contributed by atoms with van der Waals surface area (Å²) in [6.07, 6.45) is 1.42. The number of H-pyrrole nitrogens is 1. The fourth-order valence-corrected chi connectivity index (χ4v) is 2.02. The van der Waals surface area contributed by atoms with E-state index in [1.54, 1.807) is 19.1 Å². The molecule has 0 aliphatic rings. The normalized spacial score (nSPS) is 10.3. The number of nitrogen functional groups attached to an aromatic ring is 1. The molecule has 1 amide bonds. The quantitative estimate of drug-likeness (QED) is 0.886. The summed E-state index contributed by atoms with van der Waals surface area (Å²) in [6.45, 7) is 2.43. The number of anilines is 1. The van der Waals surface area contributed by atoms with Crippen LogP contribution in [0.3, 0.4) is 0 Å². The molecule has 6 heteroatoms. The van der Waals surface area contributed by atoms with Gasteiger partial charge in [-0.2, -0.15) is 5.10 Å². The van der Waals surface area contributed by atoms with Gasteiger partial charge >= 0.3 is 0 Å². The maximum Gasteiger partial charge on any atom is 0.274 e. The number of methoxy groups -OCH3 is 1. The maximum atomic E-state index is 12.2. The van der Waals surface area contributed by atoms with Gasteiger partial charge in [-0.25, -0.2) is 0 Å². The number of aryl methyl sites for hydroxylation is 1. The molecule has 0 aliphatic heterocycles. The lowest BCUT2D eigenvalue weighted by Gasteiger charge is -2.18. The Kier molecular flexibility index (Phi) is 3.93. The number of nitrogens with one attached hydrogen (secondary N) is 1. The van der Waals surface area contributed by atoms with Gasteiger partial charge in [0.15, 0.2) is 0 Å². The Bertz CT molecular complexity index is 621. The molecule has 0 spiro atoms. The van der Waals surface area contributed by atoms with Crippen LogP contribution in [0.5, 0.6) is 5.75 Å². The molecule has 0 radical (unpaired) electrons. The van der Waals surface area contributed by atoms with Crippen molar-refractivity contribution in [2.24, 2.45) is 0 Å². The Morgan fingerprint density at radius 2 is 2.25 bits per heavy atom. The highest BCUT2D eigenvalue weighted by Crippen LogP contribution is 2.22. The Labute approximate surface area is 117 Å². The van der Waals surface area contributed by atoms with Gasteiger partial charge in [-0.05, 0) is 13.0 Å². The number of aromatic amines is 1. The molecular weight excluding hydrogens is 256 g/mol. The molecule has 1 aromatic carbocycles.